The Labute approximate surface area is 101 Å². The van der Waals surface area contributed by atoms with Gasteiger partial charge in [0.2, 0.25) is 0 Å². The van der Waals surface area contributed by atoms with E-state index in [2.05, 4.69) is 34.1 Å². The molecule has 88 valence electrons. The van der Waals surface area contributed by atoms with Crippen LogP contribution in [0.25, 0.3) is 10.9 Å². The van der Waals surface area contributed by atoms with Gasteiger partial charge in [-0.3, -0.25) is 4.98 Å². The van der Waals surface area contributed by atoms with Gasteiger partial charge in [0.05, 0.1) is 11.2 Å². The van der Waals surface area contributed by atoms with Crippen molar-refractivity contribution in [1.29, 1.82) is 0 Å². The van der Waals surface area contributed by atoms with Crippen LogP contribution in [0.2, 0.25) is 0 Å². The summed E-state index contributed by atoms with van der Waals surface area (Å²) >= 11 is 0. The Bertz CT molecular complexity index is 518. The number of pyridine rings is 1. The van der Waals surface area contributed by atoms with Gasteiger partial charge < -0.3 is 10.6 Å². The van der Waals surface area contributed by atoms with Crippen LogP contribution in [0.5, 0.6) is 0 Å². The van der Waals surface area contributed by atoms with Crippen LogP contribution in [0.4, 0.5) is 5.69 Å². The minimum absolute atomic E-state index is 0.294. The second-order valence-corrected chi connectivity index (χ2v) is 4.70. The molecule has 1 unspecified atom stereocenters. The standard InChI is InChI=1S/C14H17N3/c15-12-6-3-9-17(10-12)13-7-1-4-11-5-2-8-16-14(11)13/h1-2,4-5,7-8,12H,3,6,9-10,15H2. The number of rotatable bonds is 1. The third-order valence-electron chi connectivity index (χ3n) is 3.41. The number of hydrogen-bond donors (Lipinski definition) is 1. The van der Waals surface area contributed by atoms with E-state index in [9.17, 15) is 0 Å². The molecule has 17 heavy (non-hydrogen) atoms. The van der Waals surface area contributed by atoms with Gasteiger partial charge in [-0.2, -0.15) is 0 Å². The van der Waals surface area contributed by atoms with Crippen LogP contribution < -0.4 is 10.6 Å². The van der Waals surface area contributed by atoms with Gasteiger partial charge in [0.25, 0.3) is 0 Å². The van der Waals surface area contributed by atoms with Gasteiger partial charge >= 0.3 is 0 Å². The summed E-state index contributed by atoms with van der Waals surface area (Å²) in [6.45, 7) is 2.03. The zero-order valence-electron chi connectivity index (χ0n) is 9.84. The van der Waals surface area contributed by atoms with Crippen LogP contribution in [0.15, 0.2) is 36.5 Å². The molecule has 0 bridgehead atoms. The first kappa shape index (κ1) is 10.5. The summed E-state index contributed by atoms with van der Waals surface area (Å²) < 4.78 is 0. The molecule has 0 spiro atoms. The van der Waals surface area contributed by atoms with Crippen LogP contribution in [0, 0.1) is 0 Å². The summed E-state index contributed by atoms with van der Waals surface area (Å²) in [4.78, 5) is 6.86. The second kappa shape index (κ2) is 4.34. The maximum absolute atomic E-state index is 6.04. The summed E-state index contributed by atoms with van der Waals surface area (Å²) in [7, 11) is 0. The molecule has 1 saturated heterocycles. The van der Waals surface area contributed by atoms with Crippen LogP contribution in [-0.2, 0) is 0 Å². The monoisotopic (exact) mass is 227 g/mol. The molecule has 0 saturated carbocycles. The number of aromatic nitrogens is 1. The van der Waals surface area contributed by atoms with E-state index in [4.69, 9.17) is 5.73 Å². The molecular weight excluding hydrogens is 210 g/mol. The molecule has 3 rings (SSSR count). The lowest BCUT2D eigenvalue weighted by molar-refractivity contribution is 0.507. The minimum atomic E-state index is 0.294. The van der Waals surface area contributed by atoms with Crippen molar-refractivity contribution in [2.75, 3.05) is 18.0 Å². The highest BCUT2D eigenvalue weighted by atomic mass is 15.2. The predicted octanol–water partition coefficient (Wildman–Crippen LogP) is 2.16. The number of nitrogens with zero attached hydrogens (tertiary/aromatic N) is 2. The Balaban J connectivity index is 2.04. The van der Waals surface area contributed by atoms with E-state index in [1.54, 1.807) is 0 Å². The highest BCUT2D eigenvalue weighted by molar-refractivity contribution is 5.90. The molecule has 0 aliphatic carbocycles. The number of hydrogen-bond acceptors (Lipinski definition) is 3. The van der Waals surface area contributed by atoms with Gasteiger partial charge in [0, 0.05) is 30.7 Å². The van der Waals surface area contributed by atoms with Crippen molar-refractivity contribution in [3.63, 3.8) is 0 Å². The van der Waals surface area contributed by atoms with Gasteiger partial charge in [-0.15, -0.1) is 0 Å². The van der Waals surface area contributed by atoms with E-state index >= 15 is 0 Å². The Kier molecular flexibility index (Phi) is 2.69. The third-order valence-corrected chi connectivity index (χ3v) is 3.41. The lowest BCUT2D eigenvalue weighted by atomic mass is 10.0. The highest BCUT2D eigenvalue weighted by Gasteiger charge is 2.18. The van der Waals surface area contributed by atoms with Gasteiger partial charge in [-0.1, -0.05) is 18.2 Å². The molecule has 1 aromatic heterocycles. The van der Waals surface area contributed by atoms with Crippen molar-refractivity contribution in [2.45, 2.75) is 18.9 Å². The average molecular weight is 227 g/mol. The first-order chi connectivity index (χ1) is 8.34. The quantitative estimate of drug-likeness (QED) is 0.811. The molecule has 1 fully saturated rings. The van der Waals surface area contributed by atoms with Gasteiger partial charge in [-0.25, -0.2) is 0 Å². The van der Waals surface area contributed by atoms with Gasteiger partial charge in [0.1, 0.15) is 0 Å². The van der Waals surface area contributed by atoms with Crippen LogP contribution >= 0.6 is 0 Å². The van der Waals surface area contributed by atoms with Crippen molar-refractivity contribution < 1.29 is 0 Å². The molecule has 2 N–H and O–H groups in total. The van der Waals surface area contributed by atoms with E-state index in [-0.39, 0.29) is 0 Å². The number of benzene rings is 1. The molecule has 3 heteroatoms. The highest BCUT2D eigenvalue weighted by Crippen LogP contribution is 2.26. The first-order valence-corrected chi connectivity index (χ1v) is 6.19. The largest absolute Gasteiger partial charge is 0.368 e. The van der Waals surface area contributed by atoms with E-state index < -0.39 is 0 Å². The van der Waals surface area contributed by atoms with Crippen molar-refractivity contribution in [2.24, 2.45) is 5.73 Å². The zero-order valence-corrected chi connectivity index (χ0v) is 9.84. The SMILES string of the molecule is NC1CCCN(c2cccc3cccnc23)C1. The fourth-order valence-corrected chi connectivity index (χ4v) is 2.57. The van der Waals surface area contributed by atoms with E-state index in [0.29, 0.717) is 6.04 Å². The van der Waals surface area contributed by atoms with Crippen molar-refractivity contribution in [3.05, 3.63) is 36.5 Å². The zero-order chi connectivity index (χ0) is 11.7. The van der Waals surface area contributed by atoms with E-state index in [1.165, 1.54) is 17.5 Å². The molecule has 2 heterocycles. The summed E-state index contributed by atoms with van der Waals surface area (Å²) in [5, 5.41) is 1.20. The Morgan fingerprint density at radius 3 is 3.00 bits per heavy atom. The number of piperidine rings is 1. The van der Waals surface area contributed by atoms with Gasteiger partial charge in [-0.05, 0) is 25.0 Å². The number of anilines is 1. The molecule has 2 aromatic rings. The maximum Gasteiger partial charge on any atom is 0.0935 e. The summed E-state index contributed by atoms with van der Waals surface area (Å²) in [5.74, 6) is 0. The number of nitrogens with two attached hydrogens (primary N) is 1. The molecule has 1 aliphatic rings. The van der Waals surface area contributed by atoms with Gasteiger partial charge in [0.15, 0.2) is 0 Å². The van der Waals surface area contributed by atoms with Crippen molar-refractivity contribution in [1.82, 2.24) is 4.98 Å². The fourth-order valence-electron chi connectivity index (χ4n) is 2.57. The topological polar surface area (TPSA) is 42.1 Å². The van der Waals surface area contributed by atoms with Crippen LogP contribution in [0.1, 0.15) is 12.8 Å². The van der Waals surface area contributed by atoms with Crippen molar-refractivity contribution >= 4 is 16.6 Å². The molecular formula is C14H17N3. The fraction of sp³-hybridized carbons (Fsp3) is 0.357. The maximum atomic E-state index is 6.04. The second-order valence-electron chi connectivity index (χ2n) is 4.70. The summed E-state index contributed by atoms with van der Waals surface area (Å²) in [6.07, 6.45) is 4.16. The molecule has 0 radical (unpaired) electrons. The van der Waals surface area contributed by atoms with E-state index in [1.807, 2.05) is 12.3 Å². The van der Waals surface area contributed by atoms with Crippen molar-refractivity contribution in [3.8, 4) is 0 Å². The summed E-state index contributed by atoms with van der Waals surface area (Å²) in [6, 6.07) is 10.7. The van der Waals surface area contributed by atoms with Crippen LogP contribution in [-0.4, -0.2) is 24.1 Å². The minimum Gasteiger partial charge on any atom is -0.368 e. The van der Waals surface area contributed by atoms with Crippen LogP contribution in [0.3, 0.4) is 0 Å². The van der Waals surface area contributed by atoms with E-state index in [0.717, 1.165) is 25.0 Å². The number of fused-ring (bicyclic) bond motifs is 1. The average Bonchev–Trinajstić information content (AvgIpc) is 2.38. The molecule has 1 aromatic carbocycles. The smallest absolute Gasteiger partial charge is 0.0935 e. The lowest BCUT2D eigenvalue weighted by Gasteiger charge is -2.33. The molecule has 1 aliphatic heterocycles. The normalized spacial score (nSPS) is 20.8. The summed E-state index contributed by atoms with van der Waals surface area (Å²) in [5.41, 5.74) is 8.35. The predicted molar refractivity (Wildman–Crippen MR) is 71.2 cm³/mol. The Morgan fingerprint density at radius 2 is 2.12 bits per heavy atom. The Hall–Kier alpha value is -1.61. The molecule has 1 atom stereocenters. The first-order valence-electron chi connectivity index (χ1n) is 6.19. The lowest BCUT2D eigenvalue weighted by Crippen LogP contribution is -2.42. The molecule has 0 amide bonds. The third kappa shape index (κ3) is 1.98. The Morgan fingerprint density at radius 1 is 1.24 bits per heavy atom. The number of para-hydroxylation sites is 1. The molecule has 3 nitrogen and oxygen atoms in total.